The molecule has 6 heteroatoms. The van der Waals surface area contributed by atoms with E-state index in [2.05, 4.69) is 0 Å². The van der Waals surface area contributed by atoms with Crippen molar-refractivity contribution in [2.24, 2.45) is 0 Å². The molecule has 0 aliphatic carbocycles. The molecule has 1 aromatic rings. The minimum Gasteiger partial charge on any atom is -0.478 e. The molecule has 0 heterocycles. The van der Waals surface area contributed by atoms with Gasteiger partial charge in [0.25, 0.3) is 0 Å². The minimum absolute atomic E-state index is 0.0640. The Hall–Kier alpha value is -1.29. The molecule has 14 heavy (non-hydrogen) atoms. The second-order valence-electron chi connectivity index (χ2n) is 2.60. The van der Waals surface area contributed by atoms with Crippen LogP contribution in [0.1, 0.15) is 21.8 Å². The fourth-order valence-corrected chi connectivity index (χ4v) is 1.35. The molecule has 1 aromatic carbocycles. The molecule has 0 aliphatic heterocycles. The Balaban J connectivity index is 2.94. The molecule has 0 aromatic heterocycles. The lowest BCUT2D eigenvalue weighted by Crippen LogP contribution is -1.97. The van der Waals surface area contributed by atoms with Crippen molar-refractivity contribution in [1.29, 1.82) is 0 Å². The summed E-state index contributed by atoms with van der Waals surface area (Å²) in [5.41, 5.74) is 0.285. The molecule has 74 valence electrons. The van der Waals surface area contributed by atoms with Gasteiger partial charge in [0.2, 0.25) is 0 Å². The second kappa shape index (κ2) is 4.28. The lowest BCUT2D eigenvalue weighted by molar-refractivity contribution is 0.0697. The Morgan fingerprint density at radius 3 is 2.14 bits per heavy atom. The van der Waals surface area contributed by atoms with Crippen LogP contribution in [0, 0.1) is 0 Å². The standard InChI is InChI=1S/C8H7O5P/c9-7(10)5-1-3-6(4-2-5)8(11)14(12)13/h1-4,8,11H,(H-,9,10,12,13)/p+1. The first-order chi connectivity index (χ1) is 6.52. The Morgan fingerprint density at radius 2 is 1.79 bits per heavy atom. The number of aliphatic hydroxyl groups is 1. The number of hydrogen-bond acceptors (Lipinski definition) is 3. The van der Waals surface area contributed by atoms with E-state index in [0.717, 1.165) is 0 Å². The molecule has 1 rings (SSSR count). The van der Waals surface area contributed by atoms with Crippen LogP contribution in [0.5, 0.6) is 0 Å². The molecular weight excluding hydrogens is 207 g/mol. The van der Waals surface area contributed by atoms with Gasteiger partial charge in [0.15, 0.2) is 0 Å². The van der Waals surface area contributed by atoms with Crippen molar-refractivity contribution in [2.75, 3.05) is 0 Å². The van der Waals surface area contributed by atoms with E-state index >= 15 is 0 Å². The van der Waals surface area contributed by atoms with Gasteiger partial charge in [-0.3, -0.25) is 0 Å². The fraction of sp³-hybridized carbons (Fsp3) is 0.125. The van der Waals surface area contributed by atoms with E-state index in [9.17, 15) is 9.36 Å². The first kappa shape index (κ1) is 10.8. The molecule has 0 saturated carbocycles. The molecule has 0 fully saturated rings. The van der Waals surface area contributed by atoms with Gasteiger partial charge >= 0.3 is 19.8 Å². The zero-order valence-corrected chi connectivity index (χ0v) is 7.89. The summed E-state index contributed by atoms with van der Waals surface area (Å²) in [5, 5.41) is 17.7. The summed E-state index contributed by atoms with van der Waals surface area (Å²) in [6.07, 6.45) is 0. The van der Waals surface area contributed by atoms with Crippen LogP contribution in [0.4, 0.5) is 0 Å². The monoisotopic (exact) mass is 215 g/mol. The first-order valence-electron chi connectivity index (χ1n) is 3.69. The van der Waals surface area contributed by atoms with E-state index in [1.807, 2.05) is 0 Å². The second-order valence-corrected chi connectivity index (χ2v) is 3.70. The normalized spacial score (nSPS) is 13.4. The summed E-state index contributed by atoms with van der Waals surface area (Å²) in [6.45, 7) is 0. The topological polar surface area (TPSA) is 94.8 Å². The number of carbonyl (C=O) groups is 1. The van der Waals surface area contributed by atoms with Crippen LogP contribution in [0.2, 0.25) is 0 Å². The third kappa shape index (κ3) is 2.35. The van der Waals surface area contributed by atoms with Crippen LogP contribution in [-0.2, 0) is 4.57 Å². The van der Waals surface area contributed by atoms with Crippen molar-refractivity contribution in [1.82, 2.24) is 0 Å². The number of rotatable bonds is 3. The van der Waals surface area contributed by atoms with Gasteiger partial charge in [-0.05, 0) is 16.7 Å². The van der Waals surface area contributed by atoms with E-state index in [4.69, 9.17) is 15.1 Å². The SMILES string of the molecule is O=C(O)c1ccc(C(O)[P+](=O)O)cc1. The van der Waals surface area contributed by atoms with Crippen molar-refractivity contribution < 1.29 is 24.5 Å². The van der Waals surface area contributed by atoms with Crippen molar-refractivity contribution in [3.05, 3.63) is 35.4 Å². The van der Waals surface area contributed by atoms with Crippen LogP contribution in [0.25, 0.3) is 0 Å². The molecule has 2 unspecified atom stereocenters. The lowest BCUT2D eigenvalue weighted by Gasteiger charge is -1.98. The predicted molar refractivity (Wildman–Crippen MR) is 48.2 cm³/mol. The van der Waals surface area contributed by atoms with Crippen molar-refractivity contribution >= 4 is 14.0 Å². The average Bonchev–Trinajstić information content (AvgIpc) is 2.16. The highest BCUT2D eigenvalue weighted by molar-refractivity contribution is 7.38. The maximum atomic E-state index is 10.5. The summed E-state index contributed by atoms with van der Waals surface area (Å²) in [7, 11) is -2.70. The van der Waals surface area contributed by atoms with Crippen LogP contribution < -0.4 is 0 Å². The molecule has 0 saturated heterocycles. The zero-order valence-electron chi connectivity index (χ0n) is 6.99. The molecule has 5 nitrogen and oxygen atoms in total. The zero-order chi connectivity index (χ0) is 10.7. The molecule has 0 radical (unpaired) electrons. The van der Waals surface area contributed by atoms with Gasteiger partial charge in [-0.1, -0.05) is 12.1 Å². The summed E-state index contributed by atoms with van der Waals surface area (Å²) >= 11 is 0. The predicted octanol–water partition coefficient (Wildman–Crippen LogP) is 1.11. The fourth-order valence-electron chi connectivity index (χ4n) is 0.925. The quantitative estimate of drug-likeness (QED) is 0.656. The van der Waals surface area contributed by atoms with Crippen molar-refractivity contribution in [2.45, 2.75) is 5.85 Å². The molecule has 3 N–H and O–H groups in total. The summed E-state index contributed by atoms with van der Waals surface area (Å²) < 4.78 is 10.5. The maximum absolute atomic E-state index is 10.5. The van der Waals surface area contributed by atoms with Gasteiger partial charge in [0.05, 0.1) is 5.56 Å². The third-order valence-electron chi connectivity index (χ3n) is 1.66. The summed E-state index contributed by atoms with van der Waals surface area (Å²) in [5.74, 6) is -2.55. The van der Waals surface area contributed by atoms with Gasteiger partial charge in [-0.15, -0.1) is 0 Å². The van der Waals surface area contributed by atoms with Crippen LogP contribution >= 0.6 is 8.03 Å². The van der Waals surface area contributed by atoms with Crippen molar-refractivity contribution in [3.63, 3.8) is 0 Å². The van der Waals surface area contributed by atoms with Gasteiger partial charge < -0.3 is 10.2 Å². The van der Waals surface area contributed by atoms with Crippen LogP contribution in [-0.4, -0.2) is 21.1 Å². The van der Waals surface area contributed by atoms with Crippen LogP contribution in [0.3, 0.4) is 0 Å². The largest absolute Gasteiger partial charge is 0.542 e. The summed E-state index contributed by atoms with van der Waals surface area (Å²) in [6, 6.07) is 5.13. The Bertz CT molecular complexity index is 358. The van der Waals surface area contributed by atoms with Gasteiger partial charge in [0.1, 0.15) is 0 Å². The number of aromatic carboxylic acids is 1. The van der Waals surface area contributed by atoms with E-state index in [0.29, 0.717) is 0 Å². The lowest BCUT2D eigenvalue weighted by atomic mass is 10.1. The third-order valence-corrected chi connectivity index (χ3v) is 2.38. The van der Waals surface area contributed by atoms with E-state index in [1.54, 1.807) is 0 Å². The highest BCUT2D eigenvalue weighted by atomic mass is 31.1. The average molecular weight is 215 g/mol. The number of aliphatic hydroxyl groups excluding tert-OH is 1. The number of hydrogen-bond donors (Lipinski definition) is 3. The Kier molecular flexibility index (Phi) is 3.30. The summed E-state index contributed by atoms with van der Waals surface area (Å²) in [4.78, 5) is 19.0. The molecule has 0 bridgehead atoms. The van der Waals surface area contributed by atoms with Gasteiger partial charge in [-0.2, -0.15) is 4.89 Å². The van der Waals surface area contributed by atoms with Gasteiger partial charge in [0, 0.05) is 5.56 Å². The Morgan fingerprint density at radius 1 is 1.29 bits per heavy atom. The number of benzene rings is 1. The highest BCUT2D eigenvalue weighted by Gasteiger charge is 2.27. The van der Waals surface area contributed by atoms with E-state index in [-0.39, 0.29) is 11.1 Å². The first-order valence-corrected chi connectivity index (χ1v) is 4.97. The smallest absolute Gasteiger partial charge is 0.478 e. The molecule has 0 spiro atoms. The van der Waals surface area contributed by atoms with Crippen molar-refractivity contribution in [3.8, 4) is 0 Å². The van der Waals surface area contributed by atoms with E-state index < -0.39 is 19.8 Å². The number of carboxylic acids is 1. The molecule has 0 amide bonds. The molecule has 0 aliphatic rings. The highest BCUT2D eigenvalue weighted by Crippen LogP contribution is 2.34. The minimum atomic E-state index is -2.70. The molecule has 2 atom stereocenters. The number of carboxylic acid groups (broad SMARTS) is 1. The van der Waals surface area contributed by atoms with E-state index in [1.165, 1.54) is 24.3 Å². The van der Waals surface area contributed by atoms with Gasteiger partial charge in [-0.25, -0.2) is 4.79 Å². The Labute approximate surface area is 80.5 Å². The molecular formula is C8H8O5P+. The maximum Gasteiger partial charge on any atom is 0.542 e. The van der Waals surface area contributed by atoms with Crippen LogP contribution in [0.15, 0.2) is 24.3 Å².